The van der Waals surface area contributed by atoms with E-state index >= 15 is 0 Å². The number of benzene rings is 1. The number of aromatic nitrogens is 2. The van der Waals surface area contributed by atoms with Crippen LogP contribution in [-0.4, -0.2) is 60.0 Å². The molecule has 8 heteroatoms. The van der Waals surface area contributed by atoms with Gasteiger partial charge in [-0.3, -0.25) is 9.59 Å². The predicted octanol–water partition coefficient (Wildman–Crippen LogP) is 1.16. The highest BCUT2D eigenvalue weighted by Gasteiger charge is 2.24. The van der Waals surface area contributed by atoms with Crippen LogP contribution >= 0.6 is 0 Å². The van der Waals surface area contributed by atoms with E-state index in [1.807, 2.05) is 11.0 Å². The van der Waals surface area contributed by atoms with Crippen molar-refractivity contribution in [2.75, 3.05) is 43.5 Å². The average molecular weight is 355 g/mol. The number of carbonyl (C=O) groups excluding carboxylic acids is 2. The van der Waals surface area contributed by atoms with Crippen LogP contribution in [0.25, 0.3) is 0 Å². The van der Waals surface area contributed by atoms with Gasteiger partial charge in [-0.15, -0.1) is 0 Å². The smallest absolute Gasteiger partial charge is 0.233 e. The fraction of sp³-hybridized carbons (Fsp3) is 0.333. The van der Waals surface area contributed by atoms with Gasteiger partial charge in [-0.2, -0.15) is 0 Å². The molecule has 1 aliphatic rings. The molecule has 1 saturated heterocycles. The molecule has 0 radical (unpaired) electrons. The molecule has 1 fully saturated rings. The Morgan fingerprint density at radius 1 is 1.08 bits per heavy atom. The van der Waals surface area contributed by atoms with Gasteiger partial charge in [0.1, 0.15) is 12.2 Å². The summed E-state index contributed by atoms with van der Waals surface area (Å²) < 4.78 is 5.19. The summed E-state index contributed by atoms with van der Waals surface area (Å²) in [4.78, 5) is 36.7. The van der Waals surface area contributed by atoms with E-state index in [9.17, 15) is 9.59 Å². The molecule has 0 aliphatic carbocycles. The van der Waals surface area contributed by atoms with Gasteiger partial charge in [0, 0.05) is 38.6 Å². The van der Waals surface area contributed by atoms with Gasteiger partial charge < -0.3 is 19.9 Å². The minimum atomic E-state index is -0.353. The van der Waals surface area contributed by atoms with Gasteiger partial charge in [-0.25, -0.2) is 9.97 Å². The van der Waals surface area contributed by atoms with Crippen molar-refractivity contribution in [3.63, 3.8) is 0 Å². The highest BCUT2D eigenvalue weighted by Crippen LogP contribution is 2.23. The number of amides is 2. The van der Waals surface area contributed by atoms with E-state index < -0.39 is 0 Å². The largest absolute Gasteiger partial charge is 0.495 e. The van der Waals surface area contributed by atoms with Crippen molar-refractivity contribution in [2.24, 2.45) is 0 Å². The molecule has 1 aromatic heterocycles. The van der Waals surface area contributed by atoms with Crippen LogP contribution in [0, 0.1) is 0 Å². The SMILES string of the molecule is COc1ccccc1NC(=O)CC(=O)N1CCN(c2ncccn2)CC1. The summed E-state index contributed by atoms with van der Waals surface area (Å²) in [5, 5.41) is 2.72. The van der Waals surface area contributed by atoms with Crippen LogP contribution in [0.3, 0.4) is 0 Å². The second-order valence-corrected chi connectivity index (χ2v) is 5.84. The zero-order valence-electron chi connectivity index (χ0n) is 14.6. The number of methoxy groups -OCH3 is 1. The van der Waals surface area contributed by atoms with Crippen LogP contribution in [0.2, 0.25) is 0 Å². The lowest BCUT2D eigenvalue weighted by Crippen LogP contribution is -2.49. The lowest BCUT2D eigenvalue weighted by Gasteiger charge is -2.34. The Labute approximate surface area is 151 Å². The van der Waals surface area contributed by atoms with Crippen molar-refractivity contribution in [1.29, 1.82) is 0 Å². The normalized spacial score (nSPS) is 14.0. The third-order valence-corrected chi connectivity index (χ3v) is 4.16. The van der Waals surface area contributed by atoms with Crippen LogP contribution in [-0.2, 0) is 9.59 Å². The minimum Gasteiger partial charge on any atom is -0.495 e. The number of carbonyl (C=O) groups is 2. The van der Waals surface area contributed by atoms with Crippen LogP contribution < -0.4 is 15.0 Å². The molecule has 1 aromatic carbocycles. The number of nitrogens with zero attached hydrogens (tertiary/aromatic N) is 4. The molecule has 0 atom stereocenters. The maximum Gasteiger partial charge on any atom is 0.233 e. The lowest BCUT2D eigenvalue weighted by atomic mass is 10.2. The van der Waals surface area contributed by atoms with Crippen molar-refractivity contribution >= 4 is 23.5 Å². The number of hydrogen-bond donors (Lipinski definition) is 1. The quantitative estimate of drug-likeness (QED) is 0.810. The van der Waals surface area contributed by atoms with Crippen LogP contribution in [0.4, 0.5) is 11.6 Å². The van der Waals surface area contributed by atoms with E-state index in [1.165, 1.54) is 7.11 Å². The average Bonchev–Trinajstić information content (AvgIpc) is 2.69. The summed E-state index contributed by atoms with van der Waals surface area (Å²) in [7, 11) is 1.53. The van der Waals surface area contributed by atoms with Gasteiger partial charge in [0.25, 0.3) is 0 Å². The molecule has 3 rings (SSSR count). The van der Waals surface area contributed by atoms with Gasteiger partial charge in [0.15, 0.2) is 0 Å². The molecule has 1 aliphatic heterocycles. The maximum absolute atomic E-state index is 12.4. The summed E-state index contributed by atoms with van der Waals surface area (Å²) in [6.07, 6.45) is 3.20. The van der Waals surface area contributed by atoms with E-state index in [4.69, 9.17) is 4.74 Å². The molecular formula is C18H21N5O3. The number of ether oxygens (including phenoxy) is 1. The van der Waals surface area contributed by atoms with Crippen molar-refractivity contribution in [3.05, 3.63) is 42.7 Å². The molecule has 1 N–H and O–H groups in total. The molecule has 0 saturated carbocycles. The summed E-state index contributed by atoms with van der Waals surface area (Å²) in [5.41, 5.74) is 0.554. The number of rotatable bonds is 5. The Morgan fingerprint density at radius 2 is 1.77 bits per heavy atom. The van der Waals surface area contributed by atoms with E-state index in [-0.39, 0.29) is 18.2 Å². The monoisotopic (exact) mass is 355 g/mol. The number of nitrogens with one attached hydrogen (secondary N) is 1. The van der Waals surface area contributed by atoms with Gasteiger partial charge in [-0.05, 0) is 18.2 Å². The number of para-hydroxylation sites is 2. The molecule has 2 heterocycles. The predicted molar refractivity (Wildman–Crippen MR) is 97.1 cm³/mol. The number of piperazine rings is 1. The summed E-state index contributed by atoms with van der Waals surface area (Å²) in [5.74, 6) is 0.678. The van der Waals surface area contributed by atoms with Crippen molar-refractivity contribution < 1.29 is 14.3 Å². The maximum atomic E-state index is 12.4. The molecule has 2 aromatic rings. The Morgan fingerprint density at radius 3 is 2.46 bits per heavy atom. The molecule has 0 unspecified atom stereocenters. The first-order valence-electron chi connectivity index (χ1n) is 8.40. The summed E-state index contributed by atoms with van der Waals surface area (Å²) in [6.45, 7) is 2.37. The molecule has 0 spiro atoms. The molecule has 26 heavy (non-hydrogen) atoms. The second kappa shape index (κ2) is 8.28. The van der Waals surface area contributed by atoms with Gasteiger partial charge in [-0.1, -0.05) is 12.1 Å². The zero-order valence-corrected chi connectivity index (χ0v) is 14.6. The number of hydrogen-bond acceptors (Lipinski definition) is 6. The Kier molecular flexibility index (Phi) is 5.62. The van der Waals surface area contributed by atoms with Gasteiger partial charge in [0.2, 0.25) is 17.8 Å². The fourth-order valence-corrected chi connectivity index (χ4v) is 2.80. The molecular weight excluding hydrogens is 334 g/mol. The molecule has 136 valence electrons. The first-order valence-corrected chi connectivity index (χ1v) is 8.40. The topological polar surface area (TPSA) is 87.7 Å². The fourth-order valence-electron chi connectivity index (χ4n) is 2.80. The highest BCUT2D eigenvalue weighted by atomic mass is 16.5. The molecule has 8 nitrogen and oxygen atoms in total. The van der Waals surface area contributed by atoms with Gasteiger partial charge >= 0.3 is 0 Å². The Balaban J connectivity index is 1.50. The van der Waals surface area contributed by atoms with Crippen molar-refractivity contribution in [2.45, 2.75) is 6.42 Å². The van der Waals surface area contributed by atoms with Gasteiger partial charge in [0.05, 0.1) is 12.8 Å². The van der Waals surface area contributed by atoms with Crippen LogP contribution in [0.15, 0.2) is 42.7 Å². The minimum absolute atomic E-state index is 0.189. The third kappa shape index (κ3) is 4.27. The van der Waals surface area contributed by atoms with Crippen LogP contribution in [0.5, 0.6) is 5.75 Å². The van der Waals surface area contributed by atoms with E-state index in [0.717, 1.165) is 0 Å². The van der Waals surface area contributed by atoms with E-state index in [2.05, 4.69) is 15.3 Å². The van der Waals surface area contributed by atoms with E-state index in [0.29, 0.717) is 43.6 Å². The van der Waals surface area contributed by atoms with Crippen molar-refractivity contribution in [3.8, 4) is 5.75 Å². The van der Waals surface area contributed by atoms with Crippen molar-refractivity contribution in [1.82, 2.24) is 14.9 Å². The first kappa shape index (κ1) is 17.7. The Bertz CT molecular complexity index is 760. The zero-order chi connectivity index (χ0) is 18.4. The standard InChI is InChI=1S/C18H21N5O3/c1-26-15-6-3-2-5-14(15)21-16(24)13-17(25)22-9-11-23(12-10-22)18-19-7-4-8-20-18/h2-8H,9-13H2,1H3,(H,21,24). The summed E-state index contributed by atoms with van der Waals surface area (Å²) in [6, 6.07) is 8.87. The van der Waals surface area contributed by atoms with Crippen LogP contribution in [0.1, 0.15) is 6.42 Å². The second-order valence-electron chi connectivity index (χ2n) is 5.84. The third-order valence-electron chi connectivity index (χ3n) is 4.16. The molecule has 0 bridgehead atoms. The lowest BCUT2D eigenvalue weighted by molar-refractivity contribution is -0.134. The first-order chi connectivity index (χ1) is 12.7. The summed E-state index contributed by atoms with van der Waals surface area (Å²) >= 11 is 0. The highest BCUT2D eigenvalue weighted by molar-refractivity contribution is 6.04. The number of anilines is 2. The Hall–Kier alpha value is -3.16. The van der Waals surface area contributed by atoms with E-state index in [1.54, 1.807) is 41.6 Å². The molecule has 2 amide bonds.